The van der Waals surface area contributed by atoms with Crippen molar-refractivity contribution in [2.75, 3.05) is 26.8 Å². The highest BCUT2D eigenvalue weighted by Crippen LogP contribution is 2.13. The zero-order chi connectivity index (χ0) is 15.0. The number of carboxylic acids is 1. The molecule has 0 radical (unpaired) electrons. The summed E-state index contributed by atoms with van der Waals surface area (Å²) in [5.41, 5.74) is 0.538. The lowest BCUT2D eigenvalue weighted by molar-refractivity contribution is -0.139. The molecule has 0 saturated carbocycles. The standard InChI is InChI=1S/C14H20N2O4/c1-3-16(9-10-20-2)14(19)15-12(13(17)18)11-7-5-4-6-8-11/h4-8,12H,3,9-10H2,1-2H3,(H,15,19)(H,17,18)/t12-/m0/s1. The molecule has 0 saturated heterocycles. The Morgan fingerprint density at radius 1 is 1.35 bits per heavy atom. The number of hydrogen-bond acceptors (Lipinski definition) is 3. The number of nitrogens with zero attached hydrogens (tertiary/aromatic N) is 1. The van der Waals surface area contributed by atoms with Crippen molar-refractivity contribution in [1.29, 1.82) is 0 Å². The van der Waals surface area contributed by atoms with Gasteiger partial charge < -0.3 is 20.1 Å². The van der Waals surface area contributed by atoms with Gasteiger partial charge in [0, 0.05) is 20.2 Å². The van der Waals surface area contributed by atoms with E-state index >= 15 is 0 Å². The Bertz CT molecular complexity index is 436. The smallest absolute Gasteiger partial charge is 0.330 e. The van der Waals surface area contributed by atoms with Crippen LogP contribution in [0.1, 0.15) is 18.5 Å². The molecule has 0 heterocycles. The molecule has 20 heavy (non-hydrogen) atoms. The number of aliphatic carboxylic acids is 1. The third-order valence-electron chi connectivity index (χ3n) is 2.88. The Labute approximate surface area is 118 Å². The van der Waals surface area contributed by atoms with E-state index in [1.807, 2.05) is 6.92 Å². The number of benzene rings is 1. The summed E-state index contributed by atoms with van der Waals surface area (Å²) < 4.78 is 4.92. The minimum Gasteiger partial charge on any atom is -0.479 e. The molecular formula is C14H20N2O4. The largest absolute Gasteiger partial charge is 0.479 e. The molecule has 0 bridgehead atoms. The minimum atomic E-state index is -1.09. The van der Waals surface area contributed by atoms with Gasteiger partial charge in [-0.1, -0.05) is 30.3 Å². The SMILES string of the molecule is CCN(CCOC)C(=O)N[C@H](C(=O)O)c1ccccc1. The lowest BCUT2D eigenvalue weighted by atomic mass is 10.1. The number of ether oxygens (including phenoxy) is 1. The van der Waals surface area contributed by atoms with E-state index in [0.717, 1.165) is 0 Å². The first-order chi connectivity index (χ1) is 9.60. The van der Waals surface area contributed by atoms with Crippen molar-refractivity contribution >= 4 is 12.0 Å². The number of carbonyl (C=O) groups excluding carboxylic acids is 1. The molecule has 0 aromatic heterocycles. The highest BCUT2D eigenvalue weighted by atomic mass is 16.5. The van der Waals surface area contributed by atoms with Gasteiger partial charge in [0.05, 0.1) is 6.61 Å². The van der Waals surface area contributed by atoms with E-state index in [4.69, 9.17) is 4.74 Å². The van der Waals surface area contributed by atoms with Crippen molar-refractivity contribution < 1.29 is 19.4 Å². The summed E-state index contributed by atoms with van der Waals surface area (Å²) in [5, 5.41) is 11.8. The molecule has 0 unspecified atom stereocenters. The number of methoxy groups -OCH3 is 1. The van der Waals surface area contributed by atoms with E-state index in [1.165, 1.54) is 4.90 Å². The second-order valence-corrected chi connectivity index (χ2v) is 4.20. The normalized spacial score (nSPS) is 11.7. The van der Waals surface area contributed by atoms with Crippen LogP contribution in [0.4, 0.5) is 4.79 Å². The van der Waals surface area contributed by atoms with Crippen LogP contribution in [0.2, 0.25) is 0 Å². The lowest BCUT2D eigenvalue weighted by Crippen LogP contribution is -2.44. The van der Waals surface area contributed by atoms with E-state index in [9.17, 15) is 14.7 Å². The van der Waals surface area contributed by atoms with Gasteiger partial charge in [0.1, 0.15) is 0 Å². The lowest BCUT2D eigenvalue weighted by Gasteiger charge is -2.23. The predicted octanol–water partition coefficient (Wildman–Crippen LogP) is 1.49. The van der Waals surface area contributed by atoms with Crippen molar-refractivity contribution in [3.05, 3.63) is 35.9 Å². The number of rotatable bonds is 7. The molecule has 110 valence electrons. The van der Waals surface area contributed by atoms with Crippen molar-refractivity contribution in [3.63, 3.8) is 0 Å². The summed E-state index contributed by atoms with van der Waals surface area (Å²) in [4.78, 5) is 24.9. The van der Waals surface area contributed by atoms with Crippen LogP contribution in [0, 0.1) is 0 Å². The third-order valence-corrected chi connectivity index (χ3v) is 2.88. The molecule has 2 amide bonds. The van der Waals surface area contributed by atoms with Gasteiger partial charge in [0.25, 0.3) is 0 Å². The Morgan fingerprint density at radius 3 is 2.50 bits per heavy atom. The highest BCUT2D eigenvalue weighted by molar-refractivity contribution is 5.83. The first-order valence-electron chi connectivity index (χ1n) is 6.42. The number of urea groups is 1. The van der Waals surface area contributed by atoms with E-state index in [2.05, 4.69) is 5.32 Å². The minimum absolute atomic E-state index is 0.407. The second-order valence-electron chi connectivity index (χ2n) is 4.20. The van der Waals surface area contributed by atoms with Crippen molar-refractivity contribution in [2.24, 2.45) is 0 Å². The Balaban J connectivity index is 2.75. The molecule has 1 atom stereocenters. The molecule has 1 aromatic rings. The van der Waals surface area contributed by atoms with Gasteiger partial charge in [-0.15, -0.1) is 0 Å². The van der Waals surface area contributed by atoms with E-state index < -0.39 is 18.0 Å². The molecule has 0 aliphatic heterocycles. The van der Waals surface area contributed by atoms with Crippen molar-refractivity contribution in [1.82, 2.24) is 10.2 Å². The number of hydrogen-bond donors (Lipinski definition) is 2. The predicted molar refractivity (Wildman–Crippen MR) is 74.5 cm³/mol. The molecule has 1 rings (SSSR count). The van der Waals surface area contributed by atoms with Crippen LogP contribution in [0.3, 0.4) is 0 Å². The van der Waals surface area contributed by atoms with Crippen LogP contribution >= 0.6 is 0 Å². The molecule has 6 heteroatoms. The fourth-order valence-electron chi connectivity index (χ4n) is 1.75. The molecule has 0 aliphatic rings. The maximum Gasteiger partial charge on any atom is 0.330 e. The summed E-state index contributed by atoms with van der Waals surface area (Å²) in [6.07, 6.45) is 0. The monoisotopic (exact) mass is 280 g/mol. The van der Waals surface area contributed by atoms with Crippen LogP contribution in [0.25, 0.3) is 0 Å². The molecular weight excluding hydrogens is 260 g/mol. The fourth-order valence-corrected chi connectivity index (χ4v) is 1.75. The maximum absolute atomic E-state index is 12.1. The quantitative estimate of drug-likeness (QED) is 0.793. The first-order valence-corrected chi connectivity index (χ1v) is 6.42. The molecule has 2 N–H and O–H groups in total. The van der Waals surface area contributed by atoms with E-state index in [1.54, 1.807) is 37.4 Å². The molecule has 0 aliphatic carbocycles. The summed E-state index contributed by atoms with van der Waals surface area (Å²) in [7, 11) is 1.55. The Hall–Kier alpha value is -2.08. The van der Waals surface area contributed by atoms with Crippen molar-refractivity contribution in [2.45, 2.75) is 13.0 Å². The van der Waals surface area contributed by atoms with Crippen LogP contribution in [-0.2, 0) is 9.53 Å². The average Bonchev–Trinajstić information content (AvgIpc) is 2.46. The zero-order valence-corrected chi connectivity index (χ0v) is 11.7. The van der Waals surface area contributed by atoms with Gasteiger partial charge in [0.2, 0.25) is 0 Å². The van der Waals surface area contributed by atoms with Crippen molar-refractivity contribution in [3.8, 4) is 0 Å². The summed E-state index contributed by atoms with van der Waals surface area (Å²) in [6.45, 7) is 3.13. The maximum atomic E-state index is 12.1. The van der Waals surface area contributed by atoms with Crippen LogP contribution in [0.5, 0.6) is 0 Å². The topological polar surface area (TPSA) is 78.9 Å². The van der Waals surface area contributed by atoms with E-state index in [-0.39, 0.29) is 0 Å². The molecule has 1 aromatic carbocycles. The number of carboxylic acid groups (broad SMARTS) is 1. The highest BCUT2D eigenvalue weighted by Gasteiger charge is 2.23. The van der Waals surface area contributed by atoms with Gasteiger partial charge in [-0.3, -0.25) is 0 Å². The Morgan fingerprint density at radius 2 is 2.00 bits per heavy atom. The molecule has 6 nitrogen and oxygen atoms in total. The number of nitrogens with one attached hydrogen (secondary N) is 1. The van der Waals surface area contributed by atoms with Gasteiger partial charge in [-0.05, 0) is 12.5 Å². The molecule has 0 fully saturated rings. The second kappa shape index (κ2) is 8.16. The molecule has 0 spiro atoms. The number of likely N-dealkylation sites (N-methyl/N-ethyl adjacent to an activating group) is 1. The van der Waals surface area contributed by atoms with Gasteiger partial charge in [0.15, 0.2) is 6.04 Å². The van der Waals surface area contributed by atoms with Crippen LogP contribution < -0.4 is 5.32 Å². The van der Waals surface area contributed by atoms with Crippen LogP contribution in [-0.4, -0.2) is 48.8 Å². The average molecular weight is 280 g/mol. The Kier molecular flexibility index (Phi) is 6.52. The fraction of sp³-hybridized carbons (Fsp3) is 0.429. The van der Waals surface area contributed by atoms with E-state index in [0.29, 0.717) is 25.3 Å². The van der Waals surface area contributed by atoms with Gasteiger partial charge in [-0.25, -0.2) is 9.59 Å². The van der Waals surface area contributed by atoms with Gasteiger partial charge >= 0.3 is 12.0 Å². The number of amides is 2. The first kappa shape index (κ1) is 16.0. The third kappa shape index (κ3) is 4.55. The zero-order valence-electron chi connectivity index (χ0n) is 11.7. The summed E-state index contributed by atoms with van der Waals surface area (Å²) >= 11 is 0. The van der Waals surface area contributed by atoms with Crippen LogP contribution in [0.15, 0.2) is 30.3 Å². The number of carbonyl (C=O) groups is 2. The van der Waals surface area contributed by atoms with Gasteiger partial charge in [-0.2, -0.15) is 0 Å². The summed E-state index contributed by atoms with van der Waals surface area (Å²) in [5.74, 6) is -1.09. The summed E-state index contributed by atoms with van der Waals surface area (Å²) in [6, 6.07) is 7.14.